The van der Waals surface area contributed by atoms with Crippen LogP contribution in [0.1, 0.15) is 29.7 Å². The first-order valence-electron chi connectivity index (χ1n) is 6.53. The van der Waals surface area contributed by atoms with Gasteiger partial charge in [0.1, 0.15) is 5.75 Å². The van der Waals surface area contributed by atoms with E-state index in [9.17, 15) is 0 Å². The third-order valence-corrected chi connectivity index (χ3v) is 3.28. The summed E-state index contributed by atoms with van der Waals surface area (Å²) in [6.07, 6.45) is -0.313. The maximum atomic E-state index is 5.40. The number of methoxy groups -OCH3 is 3. The van der Waals surface area contributed by atoms with E-state index in [-0.39, 0.29) is 12.3 Å². The van der Waals surface area contributed by atoms with Crippen molar-refractivity contribution in [1.82, 2.24) is 5.32 Å². The summed E-state index contributed by atoms with van der Waals surface area (Å²) in [6, 6.07) is 4.19. The zero-order valence-corrected chi connectivity index (χ0v) is 12.7. The lowest BCUT2D eigenvalue weighted by Gasteiger charge is -2.27. The van der Waals surface area contributed by atoms with Gasteiger partial charge < -0.3 is 19.5 Å². The summed E-state index contributed by atoms with van der Waals surface area (Å²) in [6.45, 7) is 7.03. The Balaban J connectivity index is 3.18. The average Bonchev–Trinajstić information content (AvgIpc) is 2.41. The van der Waals surface area contributed by atoms with Gasteiger partial charge in [-0.15, -0.1) is 0 Å². The van der Waals surface area contributed by atoms with Gasteiger partial charge in [0.25, 0.3) is 0 Å². The maximum Gasteiger partial charge on any atom is 0.176 e. The molecule has 1 aromatic rings. The molecular formula is C15H25NO3. The second-order valence-corrected chi connectivity index (χ2v) is 4.55. The largest absolute Gasteiger partial charge is 0.496 e. The molecule has 0 saturated carbocycles. The molecule has 0 bridgehead atoms. The van der Waals surface area contributed by atoms with Gasteiger partial charge in [0, 0.05) is 14.2 Å². The molecule has 1 N–H and O–H groups in total. The van der Waals surface area contributed by atoms with E-state index in [1.54, 1.807) is 21.3 Å². The van der Waals surface area contributed by atoms with Crippen LogP contribution in [0.2, 0.25) is 0 Å². The lowest BCUT2D eigenvalue weighted by molar-refractivity contribution is -0.124. The number of likely N-dealkylation sites (N-methyl/N-ethyl adjacent to an activating group) is 1. The van der Waals surface area contributed by atoms with E-state index >= 15 is 0 Å². The highest BCUT2D eigenvalue weighted by Crippen LogP contribution is 2.29. The Labute approximate surface area is 116 Å². The second-order valence-electron chi connectivity index (χ2n) is 4.55. The Kier molecular flexibility index (Phi) is 6.28. The lowest BCUT2D eigenvalue weighted by Crippen LogP contribution is -2.35. The molecule has 19 heavy (non-hydrogen) atoms. The summed E-state index contributed by atoms with van der Waals surface area (Å²) in [5.74, 6) is 0.905. The first-order valence-corrected chi connectivity index (χ1v) is 6.53. The molecule has 0 radical (unpaired) electrons. The van der Waals surface area contributed by atoms with Gasteiger partial charge in [-0.1, -0.05) is 13.0 Å². The third-order valence-electron chi connectivity index (χ3n) is 3.28. The van der Waals surface area contributed by atoms with E-state index in [1.807, 2.05) is 6.92 Å². The minimum absolute atomic E-state index is 0.00426. The monoisotopic (exact) mass is 267 g/mol. The number of ether oxygens (including phenoxy) is 3. The Morgan fingerprint density at radius 2 is 1.68 bits per heavy atom. The fourth-order valence-corrected chi connectivity index (χ4v) is 2.31. The number of rotatable bonds is 7. The van der Waals surface area contributed by atoms with Crippen molar-refractivity contribution in [3.63, 3.8) is 0 Å². The van der Waals surface area contributed by atoms with Gasteiger partial charge in [0.15, 0.2) is 6.29 Å². The first-order chi connectivity index (χ1) is 9.08. The smallest absolute Gasteiger partial charge is 0.176 e. The Hall–Kier alpha value is -1.10. The number of hydrogen-bond donors (Lipinski definition) is 1. The van der Waals surface area contributed by atoms with Crippen LogP contribution in [0.4, 0.5) is 0 Å². The van der Waals surface area contributed by atoms with Gasteiger partial charge >= 0.3 is 0 Å². The maximum absolute atomic E-state index is 5.40. The molecule has 0 fully saturated rings. The summed E-state index contributed by atoms with van der Waals surface area (Å²) in [4.78, 5) is 0. The SMILES string of the molecule is CCNC(c1cc(C)c(OC)cc1C)C(OC)OC. The third kappa shape index (κ3) is 3.69. The molecule has 0 aliphatic rings. The van der Waals surface area contributed by atoms with Crippen LogP contribution in [0.25, 0.3) is 0 Å². The summed E-state index contributed by atoms with van der Waals surface area (Å²) < 4.78 is 16.2. The van der Waals surface area contributed by atoms with Gasteiger partial charge in [-0.3, -0.25) is 0 Å². The molecular weight excluding hydrogens is 242 g/mol. The first kappa shape index (κ1) is 16.0. The van der Waals surface area contributed by atoms with Crippen LogP contribution in [0.5, 0.6) is 5.75 Å². The number of hydrogen-bond acceptors (Lipinski definition) is 4. The molecule has 0 aliphatic heterocycles. The van der Waals surface area contributed by atoms with Crippen molar-refractivity contribution >= 4 is 0 Å². The highest BCUT2D eigenvalue weighted by atomic mass is 16.7. The molecule has 0 aliphatic carbocycles. The minimum atomic E-state index is -0.313. The van der Waals surface area contributed by atoms with E-state index in [1.165, 1.54) is 5.56 Å². The molecule has 108 valence electrons. The van der Waals surface area contributed by atoms with Gasteiger partial charge in [-0.25, -0.2) is 0 Å². The minimum Gasteiger partial charge on any atom is -0.496 e. The van der Waals surface area contributed by atoms with E-state index < -0.39 is 0 Å². The van der Waals surface area contributed by atoms with Crippen LogP contribution in [-0.2, 0) is 9.47 Å². The van der Waals surface area contributed by atoms with Crippen molar-refractivity contribution < 1.29 is 14.2 Å². The van der Waals surface area contributed by atoms with Gasteiger partial charge in [0.05, 0.1) is 13.2 Å². The predicted octanol–water partition coefficient (Wildman–Crippen LogP) is 2.58. The number of nitrogens with one attached hydrogen (secondary N) is 1. The van der Waals surface area contributed by atoms with E-state index in [0.717, 1.165) is 23.4 Å². The molecule has 1 aromatic carbocycles. The Morgan fingerprint density at radius 3 is 2.16 bits per heavy atom. The number of benzene rings is 1. The van der Waals surface area contributed by atoms with Gasteiger partial charge in [0.2, 0.25) is 0 Å². The van der Waals surface area contributed by atoms with Crippen molar-refractivity contribution in [1.29, 1.82) is 0 Å². The zero-order valence-electron chi connectivity index (χ0n) is 12.7. The normalized spacial score (nSPS) is 12.8. The molecule has 4 nitrogen and oxygen atoms in total. The highest BCUT2D eigenvalue weighted by Gasteiger charge is 2.24. The van der Waals surface area contributed by atoms with Crippen LogP contribution in [-0.4, -0.2) is 34.2 Å². The van der Waals surface area contributed by atoms with Crippen molar-refractivity contribution in [3.8, 4) is 5.75 Å². The van der Waals surface area contributed by atoms with Crippen molar-refractivity contribution in [2.24, 2.45) is 0 Å². The van der Waals surface area contributed by atoms with Crippen LogP contribution in [0.3, 0.4) is 0 Å². The number of aryl methyl sites for hydroxylation is 2. The summed E-state index contributed by atoms with van der Waals surface area (Å²) in [5.41, 5.74) is 3.44. The molecule has 0 heterocycles. The molecule has 0 spiro atoms. The average molecular weight is 267 g/mol. The van der Waals surface area contributed by atoms with Crippen LogP contribution in [0, 0.1) is 13.8 Å². The molecule has 4 heteroatoms. The fraction of sp³-hybridized carbons (Fsp3) is 0.600. The molecule has 1 rings (SSSR count). The topological polar surface area (TPSA) is 39.7 Å². The van der Waals surface area contributed by atoms with Crippen molar-refractivity contribution in [2.75, 3.05) is 27.9 Å². The Bertz CT molecular complexity index is 403. The van der Waals surface area contributed by atoms with E-state index in [2.05, 4.69) is 31.3 Å². The molecule has 0 amide bonds. The quantitative estimate of drug-likeness (QED) is 0.771. The zero-order chi connectivity index (χ0) is 14.4. The van der Waals surface area contributed by atoms with Gasteiger partial charge in [-0.2, -0.15) is 0 Å². The molecule has 0 saturated heterocycles. The standard InChI is InChI=1S/C15H25NO3/c1-7-16-14(15(18-5)19-6)12-8-11(3)13(17-4)9-10(12)2/h8-9,14-16H,7H2,1-6H3. The van der Waals surface area contributed by atoms with Crippen LogP contribution >= 0.6 is 0 Å². The van der Waals surface area contributed by atoms with Gasteiger partial charge in [-0.05, 0) is 43.1 Å². The molecule has 1 unspecified atom stereocenters. The van der Waals surface area contributed by atoms with Crippen molar-refractivity contribution in [2.45, 2.75) is 33.1 Å². The predicted molar refractivity (Wildman–Crippen MR) is 76.7 cm³/mol. The summed E-state index contributed by atoms with van der Waals surface area (Å²) in [5, 5.41) is 3.42. The Morgan fingerprint density at radius 1 is 1.05 bits per heavy atom. The lowest BCUT2D eigenvalue weighted by atomic mass is 9.97. The van der Waals surface area contributed by atoms with E-state index in [4.69, 9.17) is 14.2 Å². The summed E-state index contributed by atoms with van der Waals surface area (Å²) in [7, 11) is 5.00. The van der Waals surface area contributed by atoms with E-state index in [0.29, 0.717) is 0 Å². The molecule has 0 aromatic heterocycles. The summed E-state index contributed by atoms with van der Waals surface area (Å²) >= 11 is 0. The second kappa shape index (κ2) is 7.48. The molecule has 1 atom stereocenters. The van der Waals surface area contributed by atoms with Crippen LogP contribution < -0.4 is 10.1 Å². The highest BCUT2D eigenvalue weighted by molar-refractivity contribution is 5.43. The fourth-order valence-electron chi connectivity index (χ4n) is 2.31. The van der Waals surface area contributed by atoms with Crippen LogP contribution in [0.15, 0.2) is 12.1 Å². The van der Waals surface area contributed by atoms with Crippen molar-refractivity contribution in [3.05, 3.63) is 28.8 Å².